The minimum atomic E-state index is -1.03. The van der Waals surface area contributed by atoms with Gasteiger partial charge in [0.15, 0.2) is 5.82 Å². The van der Waals surface area contributed by atoms with E-state index in [1.54, 1.807) is 0 Å². The van der Waals surface area contributed by atoms with E-state index in [0.717, 1.165) is 42.7 Å². The molecule has 2 heterocycles. The second-order valence-electron chi connectivity index (χ2n) is 5.73. The van der Waals surface area contributed by atoms with Crippen molar-refractivity contribution in [1.82, 2.24) is 15.0 Å². The highest BCUT2D eigenvalue weighted by atomic mass is 16.4. The quantitative estimate of drug-likeness (QED) is 0.943. The second-order valence-corrected chi connectivity index (χ2v) is 5.73. The molecule has 1 aliphatic rings. The van der Waals surface area contributed by atoms with Crippen molar-refractivity contribution in [1.29, 1.82) is 0 Å². The molecule has 0 atom stereocenters. The molecular formula is C16H20N4O2. The Hall–Kier alpha value is -2.37. The lowest BCUT2D eigenvalue weighted by Gasteiger charge is -2.26. The molecule has 1 saturated heterocycles. The summed E-state index contributed by atoms with van der Waals surface area (Å²) in [7, 11) is 0. The lowest BCUT2D eigenvalue weighted by Crippen LogP contribution is -2.31. The smallest absolute Gasteiger partial charge is 0.360 e. The first-order valence-corrected chi connectivity index (χ1v) is 7.60. The predicted molar refractivity (Wildman–Crippen MR) is 83.9 cm³/mol. The van der Waals surface area contributed by atoms with Crippen molar-refractivity contribution in [2.24, 2.45) is 0 Å². The van der Waals surface area contributed by atoms with Crippen molar-refractivity contribution in [3.05, 3.63) is 35.0 Å². The van der Waals surface area contributed by atoms with Crippen LogP contribution in [0.2, 0.25) is 0 Å². The average Bonchev–Trinajstić information content (AvgIpc) is 2.96. The summed E-state index contributed by atoms with van der Waals surface area (Å²) in [6, 6.07) is 5.86. The Morgan fingerprint density at radius 2 is 1.86 bits per heavy atom. The number of aromatic nitrogens is 3. The molecule has 6 heteroatoms. The van der Waals surface area contributed by atoms with Crippen molar-refractivity contribution < 1.29 is 9.90 Å². The van der Waals surface area contributed by atoms with Gasteiger partial charge in [-0.3, -0.25) is 0 Å². The fraction of sp³-hybridized carbons (Fsp3) is 0.438. The molecule has 116 valence electrons. The Bertz CT molecular complexity index is 702. The van der Waals surface area contributed by atoms with E-state index in [9.17, 15) is 9.90 Å². The van der Waals surface area contributed by atoms with Crippen LogP contribution in [0.1, 0.15) is 40.9 Å². The van der Waals surface area contributed by atoms with E-state index in [2.05, 4.69) is 10.2 Å². The zero-order valence-corrected chi connectivity index (χ0v) is 12.9. The Morgan fingerprint density at radius 3 is 2.55 bits per heavy atom. The maximum absolute atomic E-state index is 11.5. The maximum atomic E-state index is 11.5. The summed E-state index contributed by atoms with van der Waals surface area (Å²) in [5.41, 5.74) is 3.04. The lowest BCUT2D eigenvalue weighted by molar-refractivity contribution is 0.0690. The van der Waals surface area contributed by atoms with Gasteiger partial charge in [0.1, 0.15) is 0 Å². The van der Waals surface area contributed by atoms with Crippen LogP contribution in [0.3, 0.4) is 0 Å². The van der Waals surface area contributed by atoms with Crippen LogP contribution in [0.15, 0.2) is 18.2 Å². The Labute approximate surface area is 129 Å². The largest absolute Gasteiger partial charge is 0.476 e. The Balaban J connectivity index is 2.06. The SMILES string of the molecule is Cc1cccc(-n2nc(C(=O)O)c(N3CCCCC3)n2)c1C. The number of carbonyl (C=O) groups is 1. The standard InChI is InChI=1S/C16H20N4O2/c1-11-7-6-8-13(12(11)2)20-17-14(16(21)22)15(18-20)19-9-4-3-5-10-19/h6-8H,3-5,9-10H2,1-2H3,(H,21,22). The van der Waals surface area contributed by atoms with Crippen LogP contribution in [0, 0.1) is 13.8 Å². The molecule has 0 aliphatic carbocycles. The molecule has 1 aliphatic heterocycles. The van der Waals surface area contributed by atoms with Crippen LogP contribution in [0.25, 0.3) is 5.69 Å². The molecule has 1 fully saturated rings. The fourth-order valence-electron chi connectivity index (χ4n) is 2.82. The third kappa shape index (κ3) is 2.56. The van der Waals surface area contributed by atoms with Crippen LogP contribution in [0.5, 0.6) is 0 Å². The molecule has 0 amide bonds. The van der Waals surface area contributed by atoms with Crippen LogP contribution >= 0.6 is 0 Å². The van der Waals surface area contributed by atoms with Crippen molar-refractivity contribution in [2.75, 3.05) is 18.0 Å². The van der Waals surface area contributed by atoms with E-state index >= 15 is 0 Å². The number of hydrogen-bond acceptors (Lipinski definition) is 4. The molecule has 0 unspecified atom stereocenters. The highest BCUT2D eigenvalue weighted by molar-refractivity contribution is 5.91. The first kappa shape index (κ1) is 14.6. The number of anilines is 1. The highest BCUT2D eigenvalue weighted by Crippen LogP contribution is 2.23. The summed E-state index contributed by atoms with van der Waals surface area (Å²) in [6.07, 6.45) is 3.31. The summed E-state index contributed by atoms with van der Waals surface area (Å²) in [4.78, 5) is 15.0. The van der Waals surface area contributed by atoms with Gasteiger partial charge in [-0.05, 0) is 50.3 Å². The minimum absolute atomic E-state index is 0.0304. The Kier molecular flexibility index (Phi) is 3.83. The van der Waals surface area contributed by atoms with Gasteiger partial charge in [-0.25, -0.2) is 4.79 Å². The van der Waals surface area contributed by atoms with Crippen LogP contribution in [-0.2, 0) is 0 Å². The number of hydrogen-bond donors (Lipinski definition) is 1. The third-order valence-electron chi connectivity index (χ3n) is 4.25. The normalized spacial score (nSPS) is 15.1. The van der Waals surface area contributed by atoms with Gasteiger partial charge < -0.3 is 10.0 Å². The van der Waals surface area contributed by atoms with E-state index < -0.39 is 5.97 Å². The molecule has 3 rings (SSSR count). The molecule has 1 aromatic heterocycles. The number of rotatable bonds is 3. The molecule has 1 N–H and O–H groups in total. The minimum Gasteiger partial charge on any atom is -0.476 e. The molecule has 2 aromatic rings. The number of carboxylic acids is 1. The van der Waals surface area contributed by atoms with Crippen molar-refractivity contribution in [2.45, 2.75) is 33.1 Å². The van der Waals surface area contributed by atoms with Gasteiger partial charge in [-0.15, -0.1) is 15.0 Å². The highest BCUT2D eigenvalue weighted by Gasteiger charge is 2.25. The number of carboxylic acid groups (broad SMARTS) is 1. The zero-order chi connectivity index (χ0) is 15.7. The molecular weight excluding hydrogens is 280 g/mol. The zero-order valence-electron chi connectivity index (χ0n) is 12.9. The van der Waals surface area contributed by atoms with E-state index in [-0.39, 0.29) is 5.69 Å². The summed E-state index contributed by atoms with van der Waals surface area (Å²) in [6.45, 7) is 5.69. The van der Waals surface area contributed by atoms with Gasteiger partial charge in [-0.1, -0.05) is 12.1 Å². The Morgan fingerprint density at radius 1 is 1.14 bits per heavy atom. The van der Waals surface area contributed by atoms with Gasteiger partial charge in [0.2, 0.25) is 5.69 Å². The van der Waals surface area contributed by atoms with Gasteiger partial charge in [0.25, 0.3) is 0 Å². The number of aryl methyl sites for hydroxylation is 1. The van der Waals surface area contributed by atoms with Crippen molar-refractivity contribution in [3.8, 4) is 5.69 Å². The molecule has 0 radical (unpaired) electrons. The first-order valence-electron chi connectivity index (χ1n) is 7.60. The van der Waals surface area contributed by atoms with Crippen molar-refractivity contribution >= 4 is 11.8 Å². The molecule has 6 nitrogen and oxygen atoms in total. The first-order chi connectivity index (χ1) is 10.6. The fourth-order valence-corrected chi connectivity index (χ4v) is 2.82. The van der Waals surface area contributed by atoms with E-state index in [4.69, 9.17) is 0 Å². The van der Waals surface area contributed by atoms with Gasteiger partial charge in [0, 0.05) is 13.1 Å². The number of aromatic carboxylic acids is 1. The second kappa shape index (κ2) is 5.79. The number of nitrogens with zero attached hydrogens (tertiary/aromatic N) is 4. The van der Waals surface area contributed by atoms with Crippen LogP contribution in [0.4, 0.5) is 5.82 Å². The van der Waals surface area contributed by atoms with E-state index in [1.807, 2.05) is 36.9 Å². The summed E-state index contributed by atoms with van der Waals surface area (Å²) in [5.74, 6) is -0.551. The number of piperidine rings is 1. The predicted octanol–water partition coefficient (Wildman–Crippen LogP) is 2.57. The van der Waals surface area contributed by atoms with E-state index in [1.165, 1.54) is 11.2 Å². The van der Waals surface area contributed by atoms with Gasteiger partial charge in [-0.2, -0.15) is 0 Å². The van der Waals surface area contributed by atoms with Gasteiger partial charge >= 0.3 is 5.97 Å². The molecule has 0 saturated carbocycles. The van der Waals surface area contributed by atoms with E-state index in [0.29, 0.717) is 5.82 Å². The monoisotopic (exact) mass is 300 g/mol. The maximum Gasteiger partial charge on any atom is 0.360 e. The van der Waals surface area contributed by atoms with Crippen LogP contribution < -0.4 is 4.90 Å². The van der Waals surface area contributed by atoms with Crippen LogP contribution in [-0.4, -0.2) is 39.2 Å². The summed E-state index contributed by atoms with van der Waals surface area (Å²) >= 11 is 0. The van der Waals surface area contributed by atoms with Gasteiger partial charge in [0.05, 0.1) is 5.69 Å². The molecule has 22 heavy (non-hydrogen) atoms. The summed E-state index contributed by atoms with van der Waals surface area (Å²) in [5, 5.41) is 18.1. The van der Waals surface area contributed by atoms with Crippen molar-refractivity contribution in [3.63, 3.8) is 0 Å². The third-order valence-corrected chi connectivity index (χ3v) is 4.25. The molecule has 0 bridgehead atoms. The average molecular weight is 300 g/mol. The lowest BCUT2D eigenvalue weighted by atomic mass is 10.1. The number of benzene rings is 1. The molecule has 1 aromatic carbocycles. The molecule has 0 spiro atoms. The topological polar surface area (TPSA) is 71.2 Å². The summed E-state index contributed by atoms with van der Waals surface area (Å²) < 4.78 is 0.